The Kier molecular flexibility index (Phi) is 5.44. The van der Waals surface area contributed by atoms with Gasteiger partial charge >= 0.3 is 0 Å². The van der Waals surface area contributed by atoms with Crippen LogP contribution in [0.5, 0.6) is 0 Å². The highest BCUT2D eigenvalue weighted by atomic mass is 32.2. The van der Waals surface area contributed by atoms with Crippen LogP contribution in [0.3, 0.4) is 0 Å². The van der Waals surface area contributed by atoms with E-state index in [9.17, 15) is 8.42 Å². The zero-order chi connectivity index (χ0) is 9.61. The van der Waals surface area contributed by atoms with Gasteiger partial charge in [0.15, 0.2) is 9.84 Å². The predicted octanol–water partition coefficient (Wildman–Crippen LogP) is -0.479. The van der Waals surface area contributed by atoms with Gasteiger partial charge in [0.05, 0.1) is 17.6 Å². The molecule has 0 saturated heterocycles. The number of aliphatic hydroxyl groups excluding tert-OH is 1. The van der Waals surface area contributed by atoms with Crippen molar-refractivity contribution < 1.29 is 13.5 Å². The topological polar surface area (TPSA) is 80.4 Å². The predicted molar refractivity (Wildman–Crippen MR) is 48.6 cm³/mol. The highest BCUT2D eigenvalue weighted by Gasteiger charge is 2.14. The summed E-state index contributed by atoms with van der Waals surface area (Å²) in [7, 11) is -3.09. The summed E-state index contributed by atoms with van der Waals surface area (Å²) in [5.41, 5.74) is 5.09. The van der Waals surface area contributed by atoms with Gasteiger partial charge in [0.2, 0.25) is 0 Å². The molecule has 0 radical (unpaired) electrons. The molecule has 0 aliphatic heterocycles. The maximum atomic E-state index is 11.1. The molecule has 0 rings (SSSR count). The van der Waals surface area contributed by atoms with Crippen molar-refractivity contribution in [3.8, 4) is 0 Å². The molecule has 0 aliphatic carbocycles. The minimum Gasteiger partial charge on any atom is -0.391 e. The van der Waals surface area contributed by atoms with Crippen LogP contribution in [0.1, 0.15) is 19.8 Å². The zero-order valence-electron chi connectivity index (χ0n) is 7.36. The Morgan fingerprint density at radius 2 is 2.08 bits per heavy atom. The molecule has 0 heterocycles. The Hall–Kier alpha value is -0.130. The maximum Gasteiger partial charge on any atom is 0.152 e. The maximum absolute atomic E-state index is 11.1. The summed E-state index contributed by atoms with van der Waals surface area (Å²) in [6.45, 7) is 1.93. The summed E-state index contributed by atoms with van der Waals surface area (Å²) < 4.78 is 22.3. The van der Waals surface area contributed by atoms with E-state index in [0.717, 1.165) is 6.42 Å². The van der Waals surface area contributed by atoms with Crippen molar-refractivity contribution >= 4 is 9.84 Å². The SMILES string of the molecule is CCCCS(=O)(=O)CC(O)CN. The van der Waals surface area contributed by atoms with E-state index in [1.54, 1.807) is 0 Å². The molecule has 0 aromatic heterocycles. The first-order valence-electron chi connectivity index (χ1n) is 4.10. The van der Waals surface area contributed by atoms with Gasteiger partial charge in [-0.1, -0.05) is 13.3 Å². The number of rotatable bonds is 6. The van der Waals surface area contributed by atoms with Gasteiger partial charge in [-0.2, -0.15) is 0 Å². The van der Waals surface area contributed by atoms with Gasteiger partial charge < -0.3 is 10.8 Å². The zero-order valence-corrected chi connectivity index (χ0v) is 8.18. The van der Waals surface area contributed by atoms with E-state index in [0.29, 0.717) is 6.42 Å². The van der Waals surface area contributed by atoms with Crippen molar-refractivity contribution in [1.29, 1.82) is 0 Å². The lowest BCUT2D eigenvalue weighted by atomic mass is 10.4. The Morgan fingerprint density at radius 3 is 2.50 bits per heavy atom. The highest BCUT2D eigenvalue weighted by molar-refractivity contribution is 7.91. The molecule has 0 spiro atoms. The lowest BCUT2D eigenvalue weighted by Crippen LogP contribution is -2.29. The van der Waals surface area contributed by atoms with E-state index in [1.165, 1.54) is 0 Å². The van der Waals surface area contributed by atoms with Crippen LogP contribution in [0.15, 0.2) is 0 Å². The van der Waals surface area contributed by atoms with Crippen LogP contribution in [0.4, 0.5) is 0 Å². The number of aliphatic hydroxyl groups is 1. The molecule has 12 heavy (non-hydrogen) atoms. The molecule has 0 aromatic carbocycles. The fourth-order valence-electron chi connectivity index (χ4n) is 0.809. The van der Waals surface area contributed by atoms with E-state index in [-0.39, 0.29) is 18.1 Å². The Labute approximate surface area is 73.7 Å². The monoisotopic (exact) mass is 195 g/mol. The summed E-state index contributed by atoms with van der Waals surface area (Å²) in [6.07, 6.45) is 0.587. The molecular formula is C7H17NO3S. The molecule has 0 amide bonds. The molecule has 1 unspecified atom stereocenters. The minimum atomic E-state index is -3.09. The number of unbranched alkanes of at least 4 members (excludes halogenated alkanes) is 1. The van der Waals surface area contributed by atoms with E-state index in [1.807, 2.05) is 6.92 Å². The molecule has 1 atom stereocenters. The Bertz CT molecular complexity index is 201. The second-order valence-corrected chi connectivity index (χ2v) is 5.09. The van der Waals surface area contributed by atoms with Crippen LogP contribution in [-0.4, -0.2) is 37.7 Å². The number of nitrogens with two attached hydrogens (primary N) is 1. The molecule has 0 bridgehead atoms. The molecule has 74 valence electrons. The summed E-state index contributed by atoms with van der Waals surface area (Å²) in [5.74, 6) is -0.0515. The Balaban J connectivity index is 3.88. The fraction of sp³-hybridized carbons (Fsp3) is 1.00. The fourth-order valence-corrected chi connectivity index (χ4v) is 2.43. The van der Waals surface area contributed by atoms with Crippen LogP contribution in [0.2, 0.25) is 0 Å². The van der Waals surface area contributed by atoms with E-state index < -0.39 is 15.9 Å². The highest BCUT2D eigenvalue weighted by Crippen LogP contribution is 1.99. The quantitative estimate of drug-likeness (QED) is 0.600. The van der Waals surface area contributed by atoms with Crippen molar-refractivity contribution in [3.63, 3.8) is 0 Å². The van der Waals surface area contributed by atoms with Gasteiger partial charge in [-0.3, -0.25) is 0 Å². The molecule has 0 fully saturated rings. The second kappa shape index (κ2) is 5.50. The third kappa shape index (κ3) is 5.51. The molecular weight excluding hydrogens is 178 g/mol. The molecule has 0 aromatic rings. The lowest BCUT2D eigenvalue weighted by Gasteiger charge is -2.07. The van der Waals surface area contributed by atoms with Crippen LogP contribution < -0.4 is 5.73 Å². The van der Waals surface area contributed by atoms with Gasteiger partial charge in [0.25, 0.3) is 0 Å². The standard InChI is InChI=1S/C7H17NO3S/c1-2-3-4-12(10,11)6-7(9)5-8/h7,9H,2-6,8H2,1H3. The van der Waals surface area contributed by atoms with Crippen LogP contribution in [-0.2, 0) is 9.84 Å². The third-order valence-corrected chi connectivity index (χ3v) is 3.33. The summed E-state index contributed by atoms with van der Waals surface area (Å²) in [5, 5.41) is 8.99. The number of hydrogen-bond donors (Lipinski definition) is 2. The molecule has 0 aliphatic rings. The minimum absolute atomic E-state index is 0.00531. The third-order valence-electron chi connectivity index (χ3n) is 1.53. The van der Waals surface area contributed by atoms with Crippen LogP contribution in [0, 0.1) is 0 Å². The molecule has 0 saturated carbocycles. The summed E-state index contributed by atoms with van der Waals surface area (Å²) in [6, 6.07) is 0. The first kappa shape index (κ1) is 11.9. The average Bonchev–Trinajstić information content (AvgIpc) is 2.00. The molecule has 3 N–H and O–H groups in total. The number of sulfone groups is 1. The normalized spacial score (nSPS) is 14.6. The first-order chi connectivity index (χ1) is 5.52. The van der Waals surface area contributed by atoms with Crippen molar-refractivity contribution in [2.24, 2.45) is 5.73 Å². The van der Waals surface area contributed by atoms with E-state index in [4.69, 9.17) is 10.8 Å². The second-order valence-electron chi connectivity index (χ2n) is 2.86. The van der Waals surface area contributed by atoms with E-state index in [2.05, 4.69) is 0 Å². The Morgan fingerprint density at radius 1 is 1.50 bits per heavy atom. The lowest BCUT2D eigenvalue weighted by molar-refractivity contribution is 0.205. The van der Waals surface area contributed by atoms with Gasteiger partial charge in [-0.15, -0.1) is 0 Å². The summed E-state index contributed by atoms with van der Waals surface area (Å²) in [4.78, 5) is 0. The van der Waals surface area contributed by atoms with Crippen molar-refractivity contribution in [2.45, 2.75) is 25.9 Å². The van der Waals surface area contributed by atoms with Gasteiger partial charge in [0.1, 0.15) is 0 Å². The summed E-state index contributed by atoms with van der Waals surface area (Å²) >= 11 is 0. The van der Waals surface area contributed by atoms with Crippen LogP contribution >= 0.6 is 0 Å². The number of hydrogen-bond acceptors (Lipinski definition) is 4. The smallest absolute Gasteiger partial charge is 0.152 e. The average molecular weight is 195 g/mol. The van der Waals surface area contributed by atoms with Gasteiger partial charge in [-0.05, 0) is 6.42 Å². The van der Waals surface area contributed by atoms with Crippen LogP contribution in [0.25, 0.3) is 0 Å². The van der Waals surface area contributed by atoms with Crippen molar-refractivity contribution in [2.75, 3.05) is 18.1 Å². The van der Waals surface area contributed by atoms with Crippen molar-refractivity contribution in [1.82, 2.24) is 0 Å². The first-order valence-corrected chi connectivity index (χ1v) is 5.92. The van der Waals surface area contributed by atoms with Gasteiger partial charge in [-0.25, -0.2) is 8.42 Å². The van der Waals surface area contributed by atoms with Crippen molar-refractivity contribution in [3.05, 3.63) is 0 Å². The molecule has 4 nitrogen and oxygen atoms in total. The van der Waals surface area contributed by atoms with Gasteiger partial charge in [0, 0.05) is 6.54 Å². The molecule has 5 heteroatoms. The largest absolute Gasteiger partial charge is 0.391 e. The van der Waals surface area contributed by atoms with E-state index >= 15 is 0 Å².